The van der Waals surface area contributed by atoms with Crippen LogP contribution in [-0.2, 0) is 13.1 Å². The van der Waals surface area contributed by atoms with Crippen LogP contribution in [0.2, 0.25) is 0 Å². The van der Waals surface area contributed by atoms with E-state index in [-0.39, 0.29) is 17.9 Å². The molecular formula is C11H13N3O2S. The first-order valence-electron chi connectivity index (χ1n) is 5.25. The highest BCUT2D eigenvalue weighted by atomic mass is 32.1. The molecule has 0 saturated heterocycles. The van der Waals surface area contributed by atoms with Gasteiger partial charge in [-0.1, -0.05) is 6.07 Å². The molecule has 2 rings (SSSR count). The van der Waals surface area contributed by atoms with Crippen molar-refractivity contribution in [3.63, 3.8) is 0 Å². The Balaban J connectivity index is 2.56. The molecule has 0 fully saturated rings. The van der Waals surface area contributed by atoms with Crippen LogP contribution in [-0.4, -0.2) is 9.13 Å². The largest absolute Gasteiger partial charge is 0.393 e. The van der Waals surface area contributed by atoms with Gasteiger partial charge >= 0.3 is 5.69 Å². The van der Waals surface area contributed by atoms with Crippen molar-refractivity contribution in [2.45, 2.75) is 20.0 Å². The number of nitrogen functional groups attached to an aromatic ring is 1. The highest BCUT2D eigenvalue weighted by molar-refractivity contribution is 7.09. The Morgan fingerprint density at radius 3 is 2.76 bits per heavy atom. The minimum absolute atomic E-state index is 0.100. The summed E-state index contributed by atoms with van der Waals surface area (Å²) in [7, 11) is 0. The van der Waals surface area contributed by atoms with Gasteiger partial charge in [-0.2, -0.15) is 0 Å². The first-order valence-corrected chi connectivity index (χ1v) is 6.13. The molecule has 0 amide bonds. The number of nitrogens with two attached hydrogens (primary N) is 1. The summed E-state index contributed by atoms with van der Waals surface area (Å²) in [6.07, 6.45) is 1.40. The monoisotopic (exact) mass is 251 g/mol. The van der Waals surface area contributed by atoms with Crippen LogP contribution >= 0.6 is 11.3 Å². The van der Waals surface area contributed by atoms with E-state index in [4.69, 9.17) is 5.73 Å². The number of nitrogens with zero attached hydrogens (tertiary/aromatic N) is 2. The Hall–Kier alpha value is -1.82. The van der Waals surface area contributed by atoms with Crippen molar-refractivity contribution in [2.24, 2.45) is 0 Å². The van der Waals surface area contributed by atoms with Crippen molar-refractivity contribution in [3.8, 4) is 0 Å². The third-order valence-corrected chi connectivity index (χ3v) is 3.36. The van der Waals surface area contributed by atoms with Crippen LogP contribution in [0.25, 0.3) is 0 Å². The maximum absolute atomic E-state index is 12.0. The Kier molecular flexibility index (Phi) is 3.14. The zero-order valence-corrected chi connectivity index (χ0v) is 10.2. The maximum Gasteiger partial charge on any atom is 0.331 e. The van der Waals surface area contributed by atoms with Crippen LogP contribution in [0.5, 0.6) is 0 Å². The maximum atomic E-state index is 12.0. The zero-order chi connectivity index (χ0) is 12.4. The van der Waals surface area contributed by atoms with Crippen LogP contribution < -0.4 is 17.0 Å². The molecule has 2 aromatic rings. The molecule has 0 radical (unpaired) electrons. The van der Waals surface area contributed by atoms with Gasteiger partial charge in [0.25, 0.3) is 5.56 Å². The molecule has 90 valence electrons. The molecule has 0 spiro atoms. The van der Waals surface area contributed by atoms with Crippen molar-refractivity contribution >= 4 is 17.0 Å². The van der Waals surface area contributed by atoms with Gasteiger partial charge in [0.05, 0.1) is 6.54 Å². The Labute approximate surface area is 102 Å². The molecule has 2 heterocycles. The van der Waals surface area contributed by atoms with Crippen LogP contribution in [0, 0.1) is 0 Å². The number of hydrogen-bond acceptors (Lipinski definition) is 4. The molecule has 0 atom stereocenters. The van der Waals surface area contributed by atoms with E-state index in [0.717, 1.165) is 4.88 Å². The molecule has 0 aliphatic rings. The lowest BCUT2D eigenvalue weighted by Gasteiger charge is -2.08. The van der Waals surface area contributed by atoms with Crippen molar-refractivity contribution < 1.29 is 0 Å². The minimum atomic E-state index is -0.423. The number of rotatable bonds is 3. The smallest absolute Gasteiger partial charge is 0.331 e. The highest BCUT2D eigenvalue weighted by Gasteiger charge is 2.09. The summed E-state index contributed by atoms with van der Waals surface area (Å²) in [5.74, 6) is 0. The van der Waals surface area contributed by atoms with Gasteiger partial charge in [-0.3, -0.25) is 13.9 Å². The second-order valence-corrected chi connectivity index (χ2v) is 4.66. The molecule has 2 N–H and O–H groups in total. The first-order chi connectivity index (χ1) is 8.13. The van der Waals surface area contributed by atoms with E-state index in [0.29, 0.717) is 6.54 Å². The summed E-state index contributed by atoms with van der Waals surface area (Å²) in [6.45, 7) is 2.61. The van der Waals surface area contributed by atoms with Crippen molar-refractivity contribution in [1.82, 2.24) is 9.13 Å². The molecule has 2 aromatic heterocycles. The van der Waals surface area contributed by atoms with E-state index in [2.05, 4.69) is 0 Å². The SMILES string of the molecule is CCn1cc(N)c(=O)n(Cc2cccs2)c1=O. The second kappa shape index (κ2) is 4.58. The molecule has 0 aliphatic carbocycles. The molecule has 0 saturated carbocycles. The van der Waals surface area contributed by atoms with Gasteiger partial charge in [0, 0.05) is 17.6 Å². The van der Waals surface area contributed by atoms with Crippen LogP contribution in [0.1, 0.15) is 11.8 Å². The summed E-state index contributed by atoms with van der Waals surface area (Å²) in [5.41, 5.74) is 4.96. The van der Waals surface area contributed by atoms with E-state index >= 15 is 0 Å². The summed E-state index contributed by atoms with van der Waals surface area (Å²) in [4.78, 5) is 24.7. The number of aromatic nitrogens is 2. The number of aryl methyl sites for hydroxylation is 1. The molecule has 5 nitrogen and oxygen atoms in total. The molecule has 0 aliphatic heterocycles. The number of anilines is 1. The van der Waals surface area contributed by atoms with Gasteiger partial charge in [0.2, 0.25) is 0 Å². The molecular weight excluding hydrogens is 238 g/mol. The van der Waals surface area contributed by atoms with Crippen LogP contribution in [0.4, 0.5) is 5.69 Å². The van der Waals surface area contributed by atoms with Gasteiger partial charge in [0.1, 0.15) is 5.69 Å². The lowest BCUT2D eigenvalue weighted by Crippen LogP contribution is -2.40. The predicted molar refractivity (Wildman–Crippen MR) is 68.5 cm³/mol. The van der Waals surface area contributed by atoms with E-state index < -0.39 is 5.56 Å². The van der Waals surface area contributed by atoms with E-state index in [1.165, 1.54) is 26.7 Å². The highest BCUT2D eigenvalue weighted by Crippen LogP contribution is 2.08. The Morgan fingerprint density at radius 2 is 2.18 bits per heavy atom. The average Bonchev–Trinajstić information content (AvgIpc) is 2.82. The van der Waals surface area contributed by atoms with Gasteiger partial charge < -0.3 is 5.73 Å². The van der Waals surface area contributed by atoms with Crippen LogP contribution in [0.15, 0.2) is 33.3 Å². The molecule has 0 aromatic carbocycles. The standard InChI is InChI=1S/C11H13N3O2S/c1-2-13-7-9(12)10(15)14(11(13)16)6-8-4-3-5-17-8/h3-5,7H,2,6,12H2,1H3. The second-order valence-electron chi connectivity index (χ2n) is 3.62. The van der Waals surface area contributed by atoms with E-state index in [1.54, 1.807) is 0 Å². The third kappa shape index (κ3) is 2.16. The Morgan fingerprint density at radius 1 is 1.41 bits per heavy atom. The first kappa shape index (κ1) is 11.7. The van der Waals surface area contributed by atoms with E-state index in [1.807, 2.05) is 24.4 Å². The molecule has 6 heteroatoms. The lowest BCUT2D eigenvalue weighted by molar-refractivity contribution is 0.606. The predicted octanol–water partition coefficient (Wildman–Crippen LogP) is 0.722. The summed E-state index contributed by atoms with van der Waals surface area (Å²) in [6, 6.07) is 3.77. The molecule has 17 heavy (non-hydrogen) atoms. The van der Waals surface area contributed by atoms with Gasteiger partial charge in [-0.15, -0.1) is 11.3 Å². The lowest BCUT2D eigenvalue weighted by atomic mass is 10.4. The fourth-order valence-electron chi connectivity index (χ4n) is 1.60. The normalized spacial score (nSPS) is 10.6. The summed E-state index contributed by atoms with van der Waals surface area (Å²) in [5, 5.41) is 1.91. The van der Waals surface area contributed by atoms with Crippen molar-refractivity contribution in [2.75, 3.05) is 5.73 Å². The summed E-state index contributed by atoms with van der Waals surface area (Å²) >= 11 is 1.51. The van der Waals surface area contributed by atoms with E-state index in [9.17, 15) is 9.59 Å². The number of hydrogen-bond donors (Lipinski definition) is 1. The zero-order valence-electron chi connectivity index (χ0n) is 9.42. The van der Waals surface area contributed by atoms with Gasteiger partial charge in [-0.25, -0.2) is 4.79 Å². The topological polar surface area (TPSA) is 70.0 Å². The molecule has 0 unspecified atom stereocenters. The summed E-state index contributed by atoms with van der Waals surface area (Å²) < 4.78 is 2.61. The Bertz CT molecular complexity index is 625. The average molecular weight is 251 g/mol. The fraction of sp³-hybridized carbons (Fsp3) is 0.273. The van der Waals surface area contributed by atoms with Crippen molar-refractivity contribution in [1.29, 1.82) is 0 Å². The van der Waals surface area contributed by atoms with Crippen LogP contribution in [0.3, 0.4) is 0 Å². The van der Waals surface area contributed by atoms with Gasteiger partial charge in [0.15, 0.2) is 0 Å². The van der Waals surface area contributed by atoms with Gasteiger partial charge in [-0.05, 0) is 18.4 Å². The molecule has 0 bridgehead atoms. The minimum Gasteiger partial charge on any atom is -0.393 e. The third-order valence-electron chi connectivity index (χ3n) is 2.50. The van der Waals surface area contributed by atoms with Crippen molar-refractivity contribution in [3.05, 3.63) is 49.4 Å². The quantitative estimate of drug-likeness (QED) is 0.874. The fourth-order valence-corrected chi connectivity index (χ4v) is 2.29. The number of thiophene rings is 1.